The van der Waals surface area contributed by atoms with Crippen molar-refractivity contribution < 1.29 is 0 Å². The maximum Gasteiger partial charge on any atom is 0.00110 e. The van der Waals surface area contributed by atoms with Gasteiger partial charge in [-0.2, -0.15) is 0 Å². The normalized spacial score (nSPS) is 18.4. The average Bonchev–Trinajstić information content (AvgIpc) is 2.43. The summed E-state index contributed by atoms with van der Waals surface area (Å²) in [6.07, 6.45) is 9.56. The van der Waals surface area contributed by atoms with E-state index in [1.54, 1.807) is 0 Å². The van der Waals surface area contributed by atoms with Gasteiger partial charge < -0.3 is 5.32 Å². The van der Waals surface area contributed by atoms with Gasteiger partial charge in [0.1, 0.15) is 0 Å². The van der Waals surface area contributed by atoms with E-state index in [1.165, 1.54) is 62.6 Å². The molecular formula is C18H29N. The van der Waals surface area contributed by atoms with Gasteiger partial charge in [-0.25, -0.2) is 0 Å². The number of aryl methyl sites for hydroxylation is 1. The van der Waals surface area contributed by atoms with Crippen molar-refractivity contribution in [3.63, 3.8) is 0 Å². The van der Waals surface area contributed by atoms with Crippen LogP contribution < -0.4 is 5.32 Å². The monoisotopic (exact) mass is 259 g/mol. The molecule has 19 heavy (non-hydrogen) atoms. The van der Waals surface area contributed by atoms with Gasteiger partial charge in [-0.1, -0.05) is 56.0 Å². The lowest BCUT2D eigenvalue weighted by Crippen LogP contribution is -2.38. The Bertz CT molecular complexity index is 360. The van der Waals surface area contributed by atoms with Gasteiger partial charge in [-0.3, -0.25) is 0 Å². The molecule has 1 nitrogen and oxygen atoms in total. The first kappa shape index (κ1) is 14.6. The summed E-state index contributed by atoms with van der Waals surface area (Å²) in [5.74, 6) is 0. The second kappa shape index (κ2) is 7.09. The van der Waals surface area contributed by atoms with Gasteiger partial charge in [-0.15, -0.1) is 0 Å². The highest BCUT2D eigenvalue weighted by molar-refractivity contribution is 5.22. The average molecular weight is 259 g/mol. The Balaban J connectivity index is 2.01. The molecule has 0 aliphatic heterocycles. The maximum atomic E-state index is 3.68. The molecule has 1 saturated carbocycles. The lowest BCUT2D eigenvalue weighted by molar-refractivity contribution is 0.181. The number of hydrogen-bond acceptors (Lipinski definition) is 1. The Labute approximate surface area is 118 Å². The molecule has 0 saturated heterocycles. The highest BCUT2D eigenvalue weighted by Crippen LogP contribution is 2.38. The van der Waals surface area contributed by atoms with E-state index in [0.717, 1.165) is 6.54 Å². The zero-order valence-electron chi connectivity index (χ0n) is 12.7. The lowest BCUT2D eigenvalue weighted by atomic mass is 9.70. The van der Waals surface area contributed by atoms with Crippen LogP contribution in [-0.4, -0.2) is 13.1 Å². The van der Waals surface area contributed by atoms with Crippen LogP contribution in [0, 0.1) is 12.3 Å². The molecule has 0 amide bonds. The third-order valence-corrected chi connectivity index (χ3v) is 4.54. The first-order valence-electron chi connectivity index (χ1n) is 8.00. The quantitative estimate of drug-likeness (QED) is 0.742. The zero-order chi connectivity index (χ0) is 13.6. The molecule has 0 heterocycles. The molecule has 1 N–H and O–H groups in total. The largest absolute Gasteiger partial charge is 0.316 e. The van der Waals surface area contributed by atoms with Gasteiger partial charge >= 0.3 is 0 Å². The van der Waals surface area contributed by atoms with E-state index in [4.69, 9.17) is 0 Å². The zero-order valence-corrected chi connectivity index (χ0v) is 12.7. The van der Waals surface area contributed by atoms with E-state index < -0.39 is 0 Å². The maximum absolute atomic E-state index is 3.68. The Morgan fingerprint density at radius 3 is 2.37 bits per heavy atom. The fraction of sp³-hybridized carbons (Fsp3) is 0.667. The van der Waals surface area contributed by atoms with Crippen LogP contribution in [0.2, 0.25) is 0 Å². The predicted molar refractivity (Wildman–Crippen MR) is 83.6 cm³/mol. The summed E-state index contributed by atoms with van der Waals surface area (Å²) in [5, 5.41) is 3.68. The minimum atomic E-state index is 0.517. The van der Waals surface area contributed by atoms with Crippen molar-refractivity contribution in [3.05, 3.63) is 35.4 Å². The molecule has 1 aromatic carbocycles. The summed E-state index contributed by atoms with van der Waals surface area (Å²) in [7, 11) is 0. The Hall–Kier alpha value is -0.820. The number of rotatable bonds is 6. The fourth-order valence-corrected chi connectivity index (χ4v) is 3.39. The van der Waals surface area contributed by atoms with Crippen molar-refractivity contribution in [2.45, 2.75) is 58.8 Å². The molecule has 0 atom stereocenters. The molecule has 1 heteroatoms. The summed E-state index contributed by atoms with van der Waals surface area (Å²) in [4.78, 5) is 0. The van der Waals surface area contributed by atoms with E-state index in [0.29, 0.717) is 5.41 Å². The van der Waals surface area contributed by atoms with Crippen LogP contribution in [0.25, 0.3) is 0 Å². The van der Waals surface area contributed by atoms with E-state index in [1.807, 2.05) is 0 Å². The van der Waals surface area contributed by atoms with Gasteiger partial charge in [0.15, 0.2) is 0 Å². The fourth-order valence-electron chi connectivity index (χ4n) is 3.39. The summed E-state index contributed by atoms with van der Waals surface area (Å²) in [6.45, 7) is 6.79. The van der Waals surface area contributed by atoms with Crippen LogP contribution in [-0.2, 0) is 6.42 Å². The van der Waals surface area contributed by atoms with Crippen molar-refractivity contribution in [1.29, 1.82) is 0 Å². The summed E-state index contributed by atoms with van der Waals surface area (Å²) < 4.78 is 0. The molecule has 0 unspecified atom stereocenters. The Morgan fingerprint density at radius 1 is 1.05 bits per heavy atom. The molecule has 0 radical (unpaired) electrons. The minimum Gasteiger partial charge on any atom is -0.316 e. The molecule has 1 aliphatic carbocycles. The van der Waals surface area contributed by atoms with Crippen LogP contribution in [0.3, 0.4) is 0 Å². The van der Waals surface area contributed by atoms with E-state index >= 15 is 0 Å². The third kappa shape index (κ3) is 4.35. The number of benzene rings is 1. The van der Waals surface area contributed by atoms with E-state index in [-0.39, 0.29) is 0 Å². The molecule has 1 aliphatic rings. The van der Waals surface area contributed by atoms with Gasteiger partial charge in [-0.05, 0) is 50.1 Å². The topological polar surface area (TPSA) is 12.0 Å². The lowest BCUT2D eigenvalue weighted by Gasteiger charge is -2.38. The van der Waals surface area contributed by atoms with Crippen molar-refractivity contribution in [1.82, 2.24) is 5.32 Å². The highest BCUT2D eigenvalue weighted by atomic mass is 14.9. The van der Waals surface area contributed by atoms with Gasteiger partial charge in [0.25, 0.3) is 0 Å². The molecule has 0 aromatic heterocycles. The van der Waals surface area contributed by atoms with Crippen molar-refractivity contribution in [2.75, 3.05) is 13.1 Å². The molecule has 1 fully saturated rings. The first-order chi connectivity index (χ1) is 9.24. The molecule has 106 valence electrons. The highest BCUT2D eigenvalue weighted by Gasteiger charge is 2.31. The SMILES string of the molecule is CCCNCC1(Cc2ccc(C)cc2)CCCCC1. The second-order valence-corrected chi connectivity index (χ2v) is 6.40. The van der Waals surface area contributed by atoms with Crippen molar-refractivity contribution >= 4 is 0 Å². The van der Waals surface area contributed by atoms with Crippen LogP contribution >= 0.6 is 0 Å². The summed E-state index contributed by atoms with van der Waals surface area (Å²) >= 11 is 0. The molecule has 2 rings (SSSR count). The van der Waals surface area contributed by atoms with Crippen molar-refractivity contribution in [2.24, 2.45) is 5.41 Å². The third-order valence-electron chi connectivity index (χ3n) is 4.54. The van der Waals surface area contributed by atoms with E-state index in [2.05, 4.69) is 43.4 Å². The standard InChI is InChI=1S/C18H29N/c1-3-13-19-15-18(11-5-4-6-12-18)14-17-9-7-16(2)8-10-17/h7-10,19H,3-6,11-15H2,1-2H3. The Kier molecular flexibility index (Phi) is 5.45. The molecule has 0 spiro atoms. The number of nitrogens with one attached hydrogen (secondary N) is 1. The molecule has 1 aromatic rings. The molecule has 0 bridgehead atoms. The Morgan fingerprint density at radius 2 is 1.74 bits per heavy atom. The summed E-state index contributed by atoms with van der Waals surface area (Å²) in [5.41, 5.74) is 3.40. The van der Waals surface area contributed by atoms with Gasteiger partial charge in [0.2, 0.25) is 0 Å². The summed E-state index contributed by atoms with van der Waals surface area (Å²) in [6, 6.07) is 9.16. The van der Waals surface area contributed by atoms with Gasteiger partial charge in [0, 0.05) is 6.54 Å². The van der Waals surface area contributed by atoms with Crippen LogP contribution in [0.4, 0.5) is 0 Å². The van der Waals surface area contributed by atoms with Crippen LogP contribution in [0.1, 0.15) is 56.6 Å². The second-order valence-electron chi connectivity index (χ2n) is 6.40. The van der Waals surface area contributed by atoms with Crippen molar-refractivity contribution in [3.8, 4) is 0 Å². The molecular weight excluding hydrogens is 230 g/mol. The van der Waals surface area contributed by atoms with E-state index in [9.17, 15) is 0 Å². The van der Waals surface area contributed by atoms with Crippen LogP contribution in [0.15, 0.2) is 24.3 Å². The first-order valence-corrected chi connectivity index (χ1v) is 8.00. The number of hydrogen-bond donors (Lipinski definition) is 1. The smallest absolute Gasteiger partial charge is 0.00110 e. The van der Waals surface area contributed by atoms with Crippen LogP contribution in [0.5, 0.6) is 0 Å². The van der Waals surface area contributed by atoms with Gasteiger partial charge in [0.05, 0.1) is 0 Å². The predicted octanol–water partition coefficient (Wildman–Crippen LogP) is 4.49. The minimum absolute atomic E-state index is 0.517.